The Bertz CT molecular complexity index is 1290. The molecule has 0 aromatic rings. The molecule has 6 fully saturated rings. The smallest absolute Gasteiger partial charge is 0.312 e. The van der Waals surface area contributed by atoms with Crippen LogP contribution in [0.2, 0.25) is 0 Å². The largest absolute Gasteiger partial charge is 0.465 e. The third-order valence-corrected chi connectivity index (χ3v) is 13.9. The Hall–Kier alpha value is -2.20. The third-order valence-electron chi connectivity index (χ3n) is 13.9. The van der Waals surface area contributed by atoms with Crippen molar-refractivity contribution < 1.29 is 48.0 Å². The van der Waals surface area contributed by atoms with Gasteiger partial charge in [-0.1, -0.05) is 19.8 Å². The van der Waals surface area contributed by atoms with E-state index in [4.69, 9.17) is 23.7 Å². The number of hydrogen-bond donors (Lipinski definition) is 1. The average molecular weight is 733 g/mol. The van der Waals surface area contributed by atoms with E-state index in [2.05, 4.69) is 6.92 Å². The second-order valence-electron chi connectivity index (χ2n) is 19.4. The number of rotatable bonds is 16. The van der Waals surface area contributed by atoms with Crippen molar-refractivity contribution in [3.8, 4) is 0 Å². The van der Waals surface area contributed by atoms with Crippen LogP contribution in [0.15, 0.2) is 0 Å². The number of ether oxygens (including phenoxy) is 5. The van der Waals surface area contributed by atoms with Crippen molar-refractivity contribution in [3.05, 3.63) is 0 Å². The summed E-state index contributed by atoms with van der Waals surface area (Å²) in [6.07, 6.45) is 11.4. The van der Waals surface area contributed by atoms with E-state index in [0.717, 1.165) is 63.2 Å². The van der Waals surface area contributed by atoms with Crippen LogP contribution in [-0.2, 0) is 42.9 Å². The fourth-order valence-corrected chi connectivity index (χ4v) is 10.7. The molecule has 10 heteroatoms. The first-order chi connectivity index (χ1) is 24.2. The molecular weight excluding hydrogens is 664 g/mol. The van der Waals surface area contributed by atoms with Crippen molar-refractivity contribution in [1.29, 1.82) is 0 Å². The van der Waals surface area contributed by atoms with E-state index < -0.39 is 51.0 Å². The topological polar surface area (TPSA) is 135 Å². The summed E-state index contributed by atoms with van der Waals surface area (Å²) in [5.41, 5.74) is -5.78. The second kappa shape index (κ2) is 15.5. The maximum atomic E-state index is 14.4. The Labute approximate surface area is 312 Å². The first-order valence-electron chi connectivity index (χ1n) is 20.4. The van der Waals surface area contributed by atoms with Crippen LogP contribution in [0.25, 0.3) is 0 Å². The predicted octanol–water partition coefficient (Wildman–Crippen LogP) is 7.65. The number of hydrogen-bond acceptors (Lipinski definition) is 10. The molecule has 5 saturated carbocycles. The highest BCUT2D eigenvalue weighted by Crippen LogP contribution is 2.60. The van der Waals surface area contributed by atoms with E-state index in [-0.39, 0.29) is 44.5 Å². The van der Waals surface area contributed by atoms with E-state index in [0.29, 0.717) is 44.1 Å². The molecule has 1 heterocycles. The Morgan fingerprint density at radius 2 is 1.42 bits per heavy atom. The van der Waals surface area contributed by atoms with Crippen molar-refractivity contribution in [2.75, 3.05) is 19.8 Å². The van der Waals surface area contributed by atoms with Gasteiger partial charge in [-0.2, -0.15) is 0 Å². The molecule has 5 aliphatic carbocycles. The minimum absolute atomic E-state index is 0.0571. The number of carbonyl (C=O) groups excluding carboxylic acids is 4. The van der Waals surface area contributed by atoms with Gasteiger partial charge in [-0.15, -0.1) is 0 Å². The van der Waals surface area contributed by atoms with E-state index in [1.54, 1.807) is 27.7 Å². The summed E-state index contributed by atoms with van der Waals surface area (Å²) in [5, 5.41) is 10.6. The molecule has 296 valence electrons. The van der Waals surface area contributed by atoms with Gasteiger partial charge in [0.2, 0.25) is 0 Å². The van der Waals surface area contributed by atoms with Crippen LogP contribution in [0.4, 0.5) is 0 Å². The number of unbranched alkanes of at least 4 members (excludes halogenated alkanes) is 1. The van der Waals surface area contributed by atoms with Crippen molar-refractivity contribution in [3.63, 3.8) is 0 Å². The zero-order chi connectivity index (χ0) is 38.2. The van der Waals surface area contributed by atoms with E-state index in [1.807, 2.05) is 20.8 Å². The average Bonchev–Trinajstić information content (AvgIpc) is 3.04. The lowest BCUT2D eigenvalue weighted by atomic mass is 9.50. The number of aliphatic hydroxyl groups is 1. The lowest BCUT2D eigenvalue weighted by molar-refractivity contribution is -0.214. The summed E-state index contributed by atoms with van der Waals surface area (Å²) in [6, 6.07) is 0. The van der Waals surface area contributed by atoms with E-state index >= 15 is 0 Å². The van der Waals surface area contributed by atoms with Gasteiger partial charge in [0.15, 0.2) is 0 Å². The lowest BCUT2D eigenvalue weighted by Crippen LogP contribution is -2.59. The zero-order valence-corrected chi connectivity index (χ0v) is 33.4. The number of esters is 4. The monoisotopic (exact) mass is 732 g/mol. The minimum atomic E-state index is -1.29. The summed E-state index contributed by atoms with van der Waals surface area (Å²) in [4.78, 5) is 54.7. The molecule has 1 aliphatic heterocycles. The summed E-state index contributed by atoms with van der Waals surface area (Å²) in [6.45, 7) is 15.7. The predicted molar refractivity (Wildman–Crippen MR) is 195 cm³/mol. The maximum absolute atomic E-state index is 14.4. The highest BCUT2D eigenvalue weighted by Gasteiger charge is 2.59. The molecule has 1 saturated heterocycles. The van der Waals surface area contributed by atoms with Gasteiger partial charge < -0.3 is 28.8 Å². The summed E-state index contributed by atoms with van der Waals surface area (Å²) >= 11 is 0. The highest BCUT2D eigenvalue weighted by atomic mass is 16.6. The fourth-order valence-electron chi connectivity index (χ4n) is 10.7. The quantitative estimate of drug-likeness (QED) is 0.0958. The summed E-state index contributed by atoms with van der Waals surface area (Å²) in [7, 11) is 0. The molecule has 6 aliphatic rings. The highest BCUT2D eigenvalue weighted by molar-refractivity contribution is 5.83. The zero-order valence-electron chi connectivity index (χ0n) is 33.4. The first-order valence-corrected chi connectivity index (χ1v) is 20.4. The third kappa shape index (κ3) is 9.01. The molecular formula is C42H68O10. The van der Waals surface area contributed by atoms with Crippen LogP contribution in [0.1, 0.15) is 158 Å². The molecule has 0 spiro atoms. The van der Waals surface area contributed by atoms with E-state index in [1.165, 1.54) is 6.42 Å². The SMILES string of the molecule is CCC(C)(CC(C)(CC(C)(C)C(=O)OCCCCO[C@H]1CCCC[C@@]1(C)O)C(=O)OC1(C)CCOC(=O)C1)C(=O)OC1(C)C2CC3CC(C2)CC1C3. The van der Waals surface area contributed by atoms with Crippen LogP contribution in [0, 0.1) is 39.9 Å². The molecule has 10 nitrogen and oxygen atoms in total. The minimum Gasteiger partial charge on any atom is -0.465 e. The standard InChI is InChI=1S/C42H68O10/c1-9-38(4,35(45)52-42(8)30-21-28-20-29(23-30)24-31(42)22-28)27-39(5,36(46)51-40(6)16-19-49-33(43)25-40)26-37(2,3)34(44)50-18-13-12-17-48-32-14-10-11-15-41(32,7)47/h28-32,47H,9-27H2,1-8H3/t28?,29?,30?,31?,32-,38?,39?,40?,41+,42?/m0/s1. The molecule has 0 aromatic heterocycles. The van der Waals surface area contributed by atoms with Crippen LogP contribution >= 0.6 is 0 Å². The number of cyclic esters (lactones) is 1. The molecule has 3 unspecified atom stereocenters. The van der Waals surface area contributed by atoms with Gasteiger partial charge in [-0.25, -0.2) is 0 Å². The molecule has 0 radical (unpaired) electrons. The van der Waals surface area contributed by atoms with Gasteiger partial charge in [0, 0.05) is 13.0 Å². The van der Waals surface area contributed by atoms with Crippen molar-refractivity contribution in [2.24, 2.45) is 39.9 Å². The van der Waals surface area contributed by atoms with Crippen LogP contribution in [0.3, 0.4) is 0 Å². The van der Waals surface area contributed by atoms with Crippen molar-refractivity contribution in [1.82, 2.24) is 0 Å². The fraction of sp³-hybridized carbons (Fsp3) is 0.905. The van der Waals surface area contributed by atoms with Crippen molar-refractivity contribution in [2.45, 2.75) is 181 Å². The van der Waals surface area contributed by atoms with Gasteiger partial charge in [0.05, 0.1) is 47.6 Å². The van der Waals surface area contributed by atoms with Gasteiger partial charge in [0.25, 0.3) is 0 Å². The van der Waals surface area contributed by atoms with Gasteiger partial charge >= 0.3 is 23.9 Å². The van der Waals surface area contributed by atoms with Crippen LogP contribution in [0.5, 0.6) is 0 Å². The second-order valence-corrected chi connectivity index (χ2v) is 19.4. The summed E-state index contributed by atoms with van der Waals surface area (Å²) < 4.78 is 29.7. The Morgan fingerprint density at radius 1 is 0.808 bits per heavy atom. The molecule has 52 heavy (non-hydrogen) atoms. The molecule has 1 N–H and O–H groups in total. The molecule has 6 rings (SSSR count). The Balaban J connectivity index is 1.26. The van der Waals surface area contributed by atoms with Gasteiger partial charge in [0.1, 0.15) is 11.2 Å². The van der Waals surface area contributed by atoms with E-state index in [9.17, 15) is 24.3 Å². The van der Waals surface area contributed by atoms with Gasteiger partial charge in [-0.05, 0) is 149 Å². The Morgan fingerprint density at radius 3 is 2.02 bits per heavy atom. The Kier molecular flexibility index (Phi) is 12.2. The molecule has 5 atom stereocenters. The molecule has 0 aromatic carbocycles. The maximum Gasteiger partial charge on any atom is 0.312 e. The molecule has 0 amide bonds. The summed E-state index contributed by atoms with van der Waals surface area (Å²) in [5.74, 6) is 0.487. The lowest BCUT2D eigenvalue weighted by Gasteiger charge is -2.59. The molecule has 4 bridgehead atoms. The van der Waals surface area contributed by atoms with Crippen LogP contribution in [-0.4, -0.2) is 71.7 Å². The van der Waals surface area contributed by atoms with Gasteiger partial charge in [-0.3, -0.25) is 19.2 Å². The first kappa shape index (κ1) is 41.0. The normalized spacial score (nSPS) is 36.6. The van der Waals surface area contributed by atoms with Crippen LogP contribution < -0.4 is 0 Å². The van der Waals surface area contributed by atoms with Crippen molar-refractivity contribution >= 4 is 23.9 Å². The number of carbonyl (C=O) groups is 4.